The summed E-state index contributed by atoms with van der Waals surface area (Å²) in [6.45, 7) is 2.44. The predicted molar refractivity (Wildman–Crippen MR) is 97.5 cm³/mol. The Morgan fingerprint density at radius 3 is 2.66 bits per heavy atom. The van der Waals surface area contributed by atoms with Gasteiger partial charge in [0, 0.05) is 6.20 Å². The van der Waals surface area contributed by atoms with Crippen LogP contribution >= 0.6 is 0 Å². The Kier molecular flexibility index (Phi) is 5.48. The minimum absolute atomic E-state index is 0.0533. The van der Waals surface area contributed by atoms with Gasteiger partial charge in [0.15, 0.2) is 5.82 Å². The quantitative estimate of drug-likeness (QED) is 0.698. The summed E-state index contributed by atoms with van der Waals surface area (Å²) in [6, 6.07) is 5.80. The van der Waals surface area contributed by atoms with Crippen molar-refractivity contribution in [2.75, 3.05) is 12.4 Å². The largest absolute Gasteiger partial charge is 0.480 e. The number of methoxy groups -OCH3 is 1. The van der Waals surface area contributed by atoms with Crippen molar-refractivity contribution in [2.45, 2.75) is 26.1 Å². The molecule has 3 aromatic rings. The fraction of sp³-hybridized carbons (Fsp3) is 0.278. The highest BCUT2D eigenvalue weighted by Gasteiger charge is 2.39. The second-order valence-corrected chi connectivity index (χ2v) is 6.08. The summed E-state index contributed by atoms with van der Waals surface area (Å²) in [5.74, 6) is -0.217. The molecule has 1 unspecified atom stereocenters. The van der Waals surface area contributed by atoms with Crippen LogP contribution in [0.3, 0.4) is 0 Å². The third kappa shape index (κ3) is 4.18. The Morgan fingerprint density at radius 2 is 1.97 bits per heavy atom. The summed E-state index contributed by atoms with van der Waals surface area (Å²) < 4.78 is 45.7. The summed E-state index contributed by atoms with van der Waals surface area (Å²) in [5, 5.41) is 10.2. The fourth-order valence-electron chi connectivity index (χ4n) is 2.69. The van der Waals surface area contributed by atoms with Crippen LogP contribution in [0.4, 0.5) is 19.0 Å². The molecule has 0 aliphatic heterocycles. The number of carbonyl (C=O) groups excluding carboxylic acids is 1. The van der Waals surface area contributed by atoms with E-state index in [9.17, 15) is 18.0 Å². The summed E-state index contributed by atoms with van der Waals surface area (Å²) in [4.78, 5) is 20.7. The summed E-state index contributed by atoms with van der Waals surface area (Å²) in [7, 11) is 1.38. The highest BCUT2D eigenvalue weighted by molar-refractivity contribution is 6.05. The van der Waals surface area contributed by atoms with Gasteiger partial charge in [0.05, 0.1) is 7.11 Å². The Balaban J connectivity index is 1.93. The topological polar surface area (TPSA) is 94.8 Å². The molecule has 3 heterocycles. The van der Waals surface area contributed by atoms with Gasteiger partial charge >= 0.3 is 6.18 Å². The monoisotopic (exact) mass is 406 g/mol. The normalized spacial score (nSPS) is 12.5. The molecule has 0 saturated heterocycles. The van der Waals surface area contributed by atoms with Crippen LogP contribution in [-0.4, -0.2) is 43.9 Å². The maximum absolute atomic E-state index is 13.2. The number of nitrogens with zero attached hydrogens (tertiary/aromatic N) is 5. The minimum atomic E-state index is -4.48. The Labute approximate surface area is 163 Å². The van der Waals surface area contributed by atoms with Gasteiger partial charge in [0.25, 0.3) is 5.91 Å². The second kappa shape index (κ2) is 7.86. The highest BCUT2D eigenvalue weighted by atomic mass is 19.4. The fourth-order valence-corrected chi connectivity index (χ4v) is 2.69. The maximum atomic E-state index is 13.2. The minimum Gasteiger partial charge on any atom is -0.480 e. The van der Waals surface area contributed by atoms with Crippen molar-refractivity contribution >= 4 is 11.7 Å². The molecule has 1 amide bonds. The number of aromatic nitrogens is 5. The van der Waals surface area contributed by atoms with Crippen molar-refractivity contribution in [1.29, 1.82) is 0 Å². The molecule has 0 fully saturated rings. The first-order valence-electron chi connectivity index (χ1n) is 8.48. The zero-order chi connectivity index (χ0) is 21.2. The van der Waals surface area contributed by atoms with Gasteiger partial charge in [-0.2, -0.15) is 13.2 Å². The molecule has 0 spiro atoms. The molecule has 1 atom stereocenters. The maximum Gasteiger partial charge on any atom is 0.408 e. The number of halogens is 3. The lowest BCUT2D eigenvalue weighted by Gasteiger charge is -2.20. The molecule has 3 rings (SSSR count). The van der Waals surface area contributed by atoms with Crippen LogP contribution in [0.5, 0.6) is 5.88 Å². The number of amides is 1. The van der Waals surface area contributed by atoms with Crippen LogP contribution in [0, 0.1) is 6.92 Å². The molecule has 0 aromatic carbocycles. The Hall–Kier alpha value is -3.50. The van der Waals surface area contributed by atoms with Crippen molar-refractivity contribution in [3.05, 3.63) is 47.9 Å². The lowest BCUT2D eigenvalue weighted by Crippen LogP contribution is -2.25. The number of hydrogen-bond acceptors (Lipinski definition) is 6. The summed E-state index contributed by atoms with van der Waals surface area (Å²) >= 11 is 0. The van der Waals surface area contributed by atoms with Crippen molar-refractivity contribution in [3.63, 3.8) is 0 Å². The lowest BCUT2D eigenvalue weighted by molar-refractivity contribution is -0.163. The molecule has 11 heteroatoms. The number of alkyl halides is 3. The van der Waals surface area contributed by atoms with Crippen LogP contribution < -0.4 is 10.1 Å². The number of hydrogen-bond donors (Lipinski definition) is 1. The molecule has 3 aromatic heterocycles. The third-order valence-electron chi connectivity index (χ3n) is 4.16. The summed E-state index contributed by atoms with van der Waals surface area (Å²) in [5.41, 5.74) is 0.324. The van der Waals surface area contributed by atoms with Gasteiger partial charge in [0.1, 0.15) is 28.9 Å². The smallest absolute Gasteiger partial charge is 0.408 e. The van der Waals surface area contributed by atoms with E-state index < -0.39 is 18.1 Å². The Bertz CT molecular complexity index is 1030. The zero-order valence-corrected chi connectivity index (χ0v) is 15.7. The number of ether oxygens (including phenoxy) is 1. The van der Waals surface area contributed by atoms with Crippen LogP contribution in [0.2, 0.25) is 0 Å². The second-order valence-electron chi connectivity index (χ2n) is 6.08. The van der Waals surface area contributed by atoms with Crippen molar-refractivity contribution in [2.24, 2.45) is 0 Å². The van der Waals surface area contributed by atoms with E-state index in [1.165, 1.54) is 38.4 Å². The molecule has 152 valence electrons. The number of pyridine rings is 2. The van der Waals surface area contributed by atoms with Gasteiger partial charge in [-0.25, -0.2) is 9.97 Å². The van der Waals surface area contributed by atoms with Crippen LogP contribution in [0.15, 0.2) is 36.5 Å². The third-order valence-corrected chi connectivity index (χ3v) is 4.16. The van der Waals surface area contributed by atoms with Gasteiger partial charge in [-0.05, 0) is 38.1 Å². The van der Waals surface area contributed by atoms with Gasteiger partial charge in [0.2, 0.25) is 5.88 Å². The van der Waals surface area contributed by atoms with E-state index in [1.807, 2.05) is 0 Å². The van der Waals surface area contributed by atoms with E-state index in [0.29, 0.717) is 0 Å². The average molecular weight is 406 g/mol. The van der Waals surface area contributed by atoms with Crippen LogP contribution in [-0.2, 0) is 0 Å². The first-order chi connectivity index (χ1) is 13.7. The van der Waals surface area contributed by atoms with Crippen LogP contribution in [0.25, 0.3) is 11.5 Å². The number of aryl methyl sites for hydroxylation is 1. The lowest BCUT2D eigenvalue weighted by atomic mass is 10.2. The van der Waals surface area contributed by atoms with Gasteiger partial charge in [-0.15, -0.1) is 10.2 Å². The molecule has 0 radical (unpaired) electrons. The van der Waals surface area contributed by atoms with E-state index in [-0.39, 0.29) is 34.6 Å². The van der Waals surface area contributed by atoms with Gasteiger partial charge in [-0.1, -0.05) is 6.07 Å². The molecule has 0 bridgehead atoms. The zero-order valence-electron chi connectivity index (χ0n) is 15.7. The molecule has 29 heavy (non-hydrogen) atoms. The van der Waals surface area contributed by atoms with Crippen LogP contribution in [0.1, 0.15) is 29.1 Å². The first-order valence-corrected chi connectivity index (χ1v) is 8.48. The summed E-state index contributed by atoms with van der Waals surface area (Å²) in [6.07, 6.45) is -3.00. The number of rotatable bonds is 5. The Morgan fingerprint density at radius 1 is 1.21 bits per heavy atom. The highest BCUT2D eigenvalue weighted by Crippen LogP contribution is 2.33. The average Bonchev–Trinajstić information content (AvgIpc) is 3.08. The van der Waals surface area contributed by atoms with Gasteiger partial charge in [-0.3, -0.25) is 9.36 Å². The van der Waals surface area contributed by atoms with E-state index in [0.717, 1.165) is 11.5 Å². The molecule has 0 saturated carbocycles. The van der Waals surface area contributed by atoms with Crippen molar-refractivity contribution in [3.8, 4) is 17.4 Å². The molecular formula is C18H17F3N6O2. The molecular weight excluding hydrogens is 389 g/mol. The van der Waals surface area contributed by atoms with E-state index in [2.05, 4.69) is 25.5 Å². The number of nitrogens with one attached hydrogen (secondary N) is 1. The SMILES string of the molecule is COc1ncccc1C(=O)Nc1cccc(-c2nnc(C)n2C(C)C(F)(F)F)n1. The molecule has 0 aliphatic rings. The number of anilines is 1. The first kappa shape index (κ1) is 20.2. The van der Waals surface area contributed by atoms with Gasteiger partial charge < -0.3 is 10.1 Å². The predicted octanol–water partition coefficient (Wildman–Crippen LogP) is 3.43. The van der Waals surface area contributed by atoms with E-state index in [1.54, 1.807) is 12.1 Å². The van der Waals surface area contributed by atoms with E-state index >= 15 is 0 Å². The van der Waals surface area contributed by atoms with E-state index in [4.69, 9.17) is 4.74 Å². The molecule has 0 aliphatic carbocycles. The standard InChI is InChI=1S/C18H17F3N6O2/c1-10(18(19,20)21)27-11(2)25-26-15(27)13-7-4-8-14(23-13)24-16(28)12-6-5-9-22-17(12)29-3/h4-10H,1-3H3,(H,23,24,28). The molecule has 1 N–H and O–H groups in total. The van der Waals surface area contributed by atoms with Crippen molar-refractivity contribution in [1.82, 2.24) is 24.7 Å². The molecule has 8 nitrogen and oxygen atoms in total. The van der Waals surface area contributed by atoms with Crippen molar-refractivity contribution < 1.29 is 22.7 Å². The number of carbonyl (C=O) groups is 1.